The number of nitrogens with one attached hydrogen (secondary N) is 1. The second kappa shape index (κ2) is 3.54. The molecule has 14 heavy (non-hydrogen) atoms. The van der Waals surface area contributed by atoms with Gasteiger partial charge in [0.25, 0.3) is 0 Å². The third-order valence-electron chi connectivity index (χ3n) is 2.10. The number of hydrogen-bond donors (Lipinski definition) is 1. The molecule has 1 N–H and O–H groups in total. The Morgan fingerprint density at radius 3 is 2.93 bits per heavy atom. The zero-order valence-corrected chi connectivity index (χ0v) is 7.95. The van der Waals surface area contributed by atoms with Gasteiger partial charge >= 0.3 is 0 Å². The van der Waals surface area contributed by atoms with Crippen LogP contribution in [0.5, 0.6) is 5.88 Å². The molecule has 1 saturated carbocycles. The molecule has 0 unspecified atom stereocenters. The molecular formula is C10H11N3O. The van der Waals surface area contributed by atoms with Gasteiger partial charge in [-0.15, -0.1) is 0 Å². The van der Waals surface area contributed by atoms with Crippen LogP contribution in [0.25, 0.3) is 0 Å². The van der Waals surface area contributed by atoms with E-state index < -0.39 is 0 Å². The monoisotopic (exact) mass is 189 g/mol. The fraction of sp³-hybridized carbons (Fsp3) is 0.400. The van der Waals surface area contributed by atoms with Crippen molar-refractivity contribution in [1.29, 1.82) is 5.26 Å². The third-order valence-corrected chi connectivity index (χ3v) is 2.10. The molecule has 0 saturated heterocycles. The lowest BCUT2D eigenvalue weighted by molar-refractivity contribution is 0.397. The van der Waals surface area contributed by atoms with Crippen molar-refractivity contribution < 1.29 is 4.74 Å². The summed E-state index contributed by atoms with van der Waals surface area (Å²) in [6.45, 7) is 0. The van der Waals surface area contributed by atoms with Crippen LogP contribution in [0, 0.1) is 11.3 Å². The van der Waals surface area contributed by atoms with Gasteiger partial charge < -0.3 is 10.1 Å². The zero-order chi connectivity index (χ0) is 9.97. The molecule has 1 aliphatic carbocycles. The van der Waals surface area contributed by atoms with E-state index in [2.05, 4.69) is 10.3 Å². The fourth-order valence-corrected chi connectivity index (χ4v) is 1.20. The molecule has 0 amide bonds. The summed E-state index contributed by atoms with van der Waals surface area (Å²) in [5.74, 6) is 1.17. The Balaban J connectivity index is 2.22. The first-order valence-corrected chi connectivity index (χ1v) is 4.55. The first-order valence-electron chi connectivity index (χ1n) is 4.55. The van der Waals surface area contributed by atoms with Crippen molar-refractivity contribution in [2.45, 2.75) is 18.9 Å². The molecule has 4 heteroatoms. The first kappa shape index (κ1) is 8.82. The second-order valence-corrected chi connectivity index (χ2v) is 3.28. The second-order valence-electron chi connectivity index (χ2n) is 3.28. The predicted molar refractivity (Wildman–Crippen MR) is 52.1 cm³/mol. The van der Waals surface area contributed by atoms with Crippen LogP contribution in [-0.2, 0) is 0 Å². The Kier molecular flexibility index (Phi) is 2.23. The molecular weight excluding hydrogens is 178 g/mol. The highest BCUT2D eigenvalue weighted by molar-refractivity contribution is 5.47. The van der Waals surface area contributed by atoms with Gasteiger partial charge in [0.05, 0.1) is 7.11 Å². The first-order chi connectivity index (χ1) is 6.83. The van der Waals surface area contributed by atoms with Gasteiger partial charge in [-0.25, -0.2) is 0 Å². The summed E-state index contributed by atoms with van der Waals surface area (Å²) < 4.78 is 5.01. The van der Waals surface area contributed by atoms with Gasteiger partial charge in [-0.1, -0.05) is 0 Å². The third kappa shape index (κ3) is 1.77. The molecule has 2 rings (SSSR count). The van der Waals surface area contributed by atoms with Crippen LogP contribution in [0.3, 0.4) is 0 Å². The smallest absolute Gasteiger partial charge is 0.233 e. The molecule has 0 aliphatic heterocycles. The Morgan fingerprint density at radius 1 is 1.57 bits per heavy atom. The largest absolute Gasteiger partial charge is 0.480 e. The van der Waals surface area contributed by atoms with Crippen LogP contribution in [0.4, 0.5) is 5.82 Å². The minimum absolute atomic E-state index is 0.387. The van der Waals surface area contributed by atoms with Crippen molar-refractivity contribution in [1.82, 2.24) is 4.98 Å². The quantitative estimate of drug-likeness (QED) is 0.783. The van der Waals surface area contributed by atoms with E-state index in [1.165, 1.54) is 20.0 Å². The lowest BCUT2D eigenvalue weighted by atomic mass is 10.3. The maximum absolute atomic E-state index is 8.74. The molecule has 1 aliphatic rings. The molecule has 1 fully saturated rings. The van der Waals surface area contributed by atoms with Crippen molar-refractivity contribution >= 4 is 5.82 Å². The van der Waals surface area contributed by atoms with E-state index in [4.69, 9.17) is 10.00 Å². The van der Waals surface area contributed by atoms with E-state index in [-0.39, 0.29) is 0 Å². The molecule has 0 radical (unpaired) electrons. The van der Waals surface area contributed by atoms with Crippen LogP contribution < -0.4 is 10.1 Å². The Labute approximate surface area is 82.5 Å². The number of aromatic nitrogens is 1. The Morgan fingerprint density at radius 2 is 2.36 bits per heavy atom. The summed E-state index contributed by atoms with van der Waals surface area (Å²) in [7, 11) is 1.52. The molecule has 1 aromatic heterocycles. The number of methoxy groups -OCH3 is 1. The van der Waals surface area contributed by atoms with Gasteiger partial charge in [0.15, 0.2) is 0 Å². The highest BCUT2D eigenvalue weighted by Crippen LogP contribution is 2.25. The van der Waals surface area contributed by atoms with Crippen LogP contribution in [0.15, 0.2) is 12.1 Å². The Hall–Kier alpha value is -1.76. The fourth-order valence-electron chi connectivity index (χ4n) is 1.20. The summed E-state index contributed by atoms with van der Waals surface area (Å²) in [6, 6.07) is 6.11. The van der Waals surface area contributed by atoms with Crippen LogP contribution in [0.2, 0.25) is 0 Å². The maximum Gasteiger partial charge on any atom is 0.233 e. The van der Waals surface area contributed by atoms with Crippen molar-refractivity contribution in [3.05, 3.63) is 17.7 Å². The van der Waals surface area contributed by atoms with Crippen molar-refractivity contribution in [2.24, 2.45) is 0 Å². The highest BCUT2D eigenvalue weighted by atomic mass is 16.5. The maximum atomic E-state index is 8.74. The SMILES string of the molecule is COc1nc(NC2CC2)ccc1C#N. The lowest BCUT2D eigenvalue weighted by Crippen LogP contribution is -2.04. The topological polar surface area (TPSA) is 57.9 Å². The summed E-state index contributed by atoms with van der Waals surface area (Å²) in [5, 5.41) is 12.0. The number of pyridine rings is 1. The zero-order valence-electron chi connectivity index (χ0n) is 7.95. The number of ether oxygens (including phenoxy) is 1. The summed E-state index contributed by atoms with van der Waals surface area (Å²) in [4.78, 5) is 4.19. The van der Waals surface area contributed by atoms with Gasteiger partial charge in [0.1, 0.15) is 17.5 Å². The lowest BCUT2D eigenvalue weighted by Gasteiger charge is -2.06. The van der Waals surface area contributed by atoms with Gasteiger partial charge in [0.2, 0.25) is 5.88 Å². The van der Waals surface area contributed by atoms with Gasteiger partial charge in [-0.3, -0.25) is 0 Å². The van der Waals surface area contributed by atoms with Crippen LogP contribution in [0.1, 0.15) is 18.4 Å². The summed E-state index contributed by atoms with van der Waals surface area (Å²) in [5.41, 5.74) is 0.467. The molecule has 0 bridgehead atoms. The van der Waals surface area contributed by atoms with Crippen molar-refractivity contribution in [3.8, 4) is 11.9 Å². The molecule has 0 atom stereocenters. The van der Waals surface area contributed by atoms with E-state index in [1.807, 2.05) is 6.07 Å². The number of nitriles is 1. The number of anilines is 1. The van der Waals surface area contributed by atoms with E-state index in [1.54, 1.807) is 12.1 Å². The average molecular weight is 189 g/mol. The molecule has 1 heterocycles. The van der Waals surface area contributed by atoms with Gasteiger partial charge in [-0.2, -0.15) is 10.2 Å². The molecule has 72 valence electrons. The van der Waals surface area contributed by atoms with E-state index in [0.29, 0.717) is 17.5 Å². The number of hydrogen-bond acceptors (Lipinski definition) is 4. The molecule has 0 aromatic carbocycles. The van der Waals surface area contributed by atoms with Gasteiger partial charge in [0, 0.05) is 6.04 Å². The number of rotatable bonds is 3. The number of nitrogens with zero attached hydrogens (tertiary/aromatic N) is 2. The standard InChI is InChI=1S/C10H11N3O/c1-14-10-7(6-11)2-5-9(13-10)12-8-3-4-8/h2,5,8H,3-4H2,1H3,(H,12,13). The molecule has 0 spiro atoms. The minimum Gasteiger partial charge on any atom is -0.480 e. The van der Waals surface area contributed by atoms with Crippen LogP contribution in [-0.4, -0.2) is 18.1 Å². The Bertz CT molecular complexity index is 379. The normalized spacial score (nSPS) is 14.6. The van der Waals surface area contributed by atoms with Crippen LogP contribution >= 0.6 is 0 Å². The summed E-state index contributed by atoms with van der Waals surface area (Å²) in [6.07, 6.45) is 2.40. The molecule has 1 aromatic rings. The summed E-state index contributed by atoms with van der Waals surface area (Å²) >= 11 is 0. The highest BCUT2D eigenvalue weighted by Gasteiger charge is 2.21. The van der Waals surface area contributed by atoms with E-state index in [0.717, 1.165) is 5.82 Å². The molecule has 4 nitrogen and oxygen atoms in total. The van der Waals surface area contributed by atoms with Gasteiger partial charge in [-0.05, 0) is 25.0 Å². The predicted octanol–water partition coefficient (Wildman–Crippen LogP) is 1.54. The van der Waals surface area contributed by atoms with E-state index in [9.17, 15) is 0 Å². The van der Waals surface area contributed by atoms with E-state index >= 15 is 0 Å². The average Bonchev–Trinajstić information content (AvgIpc) is 3.01. The van der Waals surface area contributed by atoms with Crippen molar-refractivity contribution in [3.63, 3.8) is 0 Å². The van der Waals surface area contributed by atoms with Crippen molar-refractivity contribution in [2.75, 3.05) is 12.4 Å². The minimum atomic E-state index is 0.387.